The first-order valence-corrected chi connectivity index (χ1v) is 10.8. The lowest BCUT2D eigenvalue weighted by Gasteiger charge is -2.49. The lowest BCUT2D eigenvalue weighted by Crippen LogP contribution is -2.70. The first kappa shape index (κ1) is 19.8. The molecule has 1 aromatic rings. The molecule has 0 saturated carbocycles. The Morgan fingerprint density at radius 3 is 2.81 bits per heavy atom. The van der Waals surface area contributed by atoms with Crippen molar-refractivity contribution in [2.24, 2.45) is 13.0 Å². The zero-order valence-electron chi connectivity index (χ0n) is 16.5. The number of carbonyl (C=O) groups excluding carboxylic acids is 3. The predicted octanol–water partition coefficient (Wildman–Crippen LogP) is -1.85. The van der Waals surface area contributed by atoms with Crippen LogP contribution < -0.4 is 10.6 Å². The van der Waals surface area contributed by atoms with Crippen molar-refractivity contribution in [1.29, 1.82) is 0 Å². The predicted molar refractivity (Wildman–Crippen MR) is 103 cm³/mol. The molecule has 0 spiro atoms. The smallest absolute Gasteiger partial charge is 0.352 e. The number of aromatic nitrogens is 4. The number of tetrazole rings is 1. The van der Waals surface area contributed by atoms with E-state index in [1.54, 1.807) is 7.05 Å². The van der Waals surface area contributed by atoms with E-state index >= 15 is 0 Å². The molecule has 0 bridgehead atoms. The third-order valence-electron chi connectivity index (χ3n) is 6.21. The van der Waals surface area contributed by atoms with Crippen LogP contribution in [0.5, 0.6) is 0 Å². The van der Waals surface area contributed by atoms with Crippen molar-refractivity contribution in [1.82, 2.24) is 40.6 Å². The Morgan fingerprint density at radius 2 is 2.16 bits per heavy atom. The first-order valence-electron chi connectivity index (χ1n) is 9.85. The number of nitrogens with one attached hydrogen (secondary N) is 2. The zero-order valence-corrected chi connectivity index (χ0v) is 17.3. The largest absolute Gasteiger partial charge is 0.477 e. The van der Waals surface area contributed by atoms with Gasteiger partial charge >= 0.3 is 12.0 Å². The number of carbonyl (C=O) groups is 4. The topological polar surface area (TPSA) is 163 Å². The van der Waals surface area contributed by atoms with Crippen molar-refractivity contribution < 1.29 is 24.3 Å². The Bertz CT molecular complexity index is 1020. The van der Waals surface area contributed by atoms with Crippen molar-refractivity contribution in [3.63, 3.8) is 0 Å². The molecule has 13 nitrogen and oxygen atoms in total. The van der Waals surface area contributed by atoms with Crippen LogP contribution in [0.25, 0.3) is 0 Å². The number of amides is 4. The van der Waals surface area contributed by atoms with Crippen LogP contribution in [0.2, 0.25) is 0 Å². The maximum atomic E-state index is 12.9. The van der Waals surface area contributed by atoms with Crippen LogP contribution in [0.1, 0.15) is 12.8 Å². The van der Waals surface area contributed by atoms with Crippen molar-refractivity contribution in [2.45, 2.75) is 36.1 Å². The van der Waals surface area contributed by atoms with E-state index in [1.807, 2.05) is 0 Å². The monoisotopic (exact) mass is 448 g/mol. The summed E-state index contributed by atoms with van der Waals surface area (Å²) in [5.74, 6) is -1.55. The lowest BCUT2D eigenvalue weighted by molar-refractivity contribution is -0.155. The SMILES string of the molecule is Cn1nnnc1SCC1=C(C(=O)O)N2C(=O)[C@@H]3[C@H]2[C@H](C1)CN3C(=O)N[C@H]1CCNC1=O. The summed E-state index contributed by atoms with van der Waals surface area (Å²) >= 11 is 1.30. The summed E-state index contributed by atoms with van der Waals surface area (Å²) in [6.45, 7) is 0.823. The Labute approximate surface area is 180 Å². The molecule has 14 heteroatoms. The second-order valence-electron chi connectivity index (χ2n) is 7.97. The fourth-order valence-corrected chi connectivity index (χ4v) is 5.71. The number of carboxylic acid groups (broad SMARTS) is 1. The van der Waals surface area contributed by atoms with Gasteiger partial charge in [0.05, 0.1) is 6.04 Å². The number of rotatable bonds is 5. The molecule has 4 amide bonds. The molecule has 5 rings (SSSR count). The summed E-state index contributed by atoms with van der Waals surface area (Å²) in [6, 6.07) is -2.12. The molecule has 0 aromatic carbocycles. The second-order valence-corrected chi connectivity index (χ2v) is 8.92. The highest BCUT2D eigenvalue weighted by atomic mass is 32.2. The fourth-order valence-electron chi connectivity index (χ4n) is 4.83. The molecule has 0 radical (unpaired) electrons. The molecular formula is C17H20N8O5S. The van der Waals surface area contributed by atoms with Crippen LogP contribution in [0.4, 0.5) is 4.79 Å². The molecule has 1 aromatic heterocycles. The number of aliphatic carboxylic acids is 1. The summed E-state index contributed by atoms with van der Waals surface area (Å²) in [4.78, 5) is 52.2. The van der Waals surface area contributed by atoms with Gasteiger partial charge in [0.1, 0.15) is 17.8 Å². The van der Waals surface area contributed by atoms with Crippen LogP contribution >= 0.6 is 11.8 Å². The van der Waals surface area contributed by atoms with Gasteiger partial charge in [-0.05, 0) is 28.8 Å². The maximum absolute atomic E-state index is 12.9. The van der Waals surface area contributed by atoms with Gasteiger partial charge in [0.2, 0.25) is 11.1 Å². The normalized spacial score (nSPS) is 29.1. The number of thioether (sulfide) groups is 1. The quantitative estimate of drug-likeness (QED) is 0.347. The van der Waals surface area contributed by atoms with E-state index in [4.69, 9.17) is 0 Å². The Balaban J connectivity index is 1.35. The number of carboxylic acids is 1. The number of likely N-dealkylation sites (tertiary alicyclic amines) is 1. The average molecular weight is 448 g/mol. The third-order valence-corrected chi connectivity index (χ3v) is 7.31. The van der Waals surface area contributed by atoms with Crippen molar-refractivity contribution in [2.75, 3.05) is 18.8 Å². The molecule has 4 atom stereocenters. The summed E-state index contributed by atoms with van der Waals surface area (Å²) in [5.41, 5.74) is 0.605. The second kappa shape index (κ2) is 7.21. The van der Waals surface area contributed by atoms with Gasteiger partial charge in [0.15, 0.2) is 0 Å². The molecular weight excluding hydrogens is 428 g/mol. The van der Waals surface area contributed by atoms with Crippen molar-refractivity contribution in [3.05, 3.63) is 11.3 Å². The average Bonchev–Trinajstić information content (AvgIpc) is 3.42. The molecule has 0 unspecified atom stereocenters. The van der Waals surface area contributed by atoms with E-state index in [-0.39, 0.29) is 23.6 Å². The maximum Gasteiger partial charge on any atom is 0.352 e. The highest BCUT2D eigenvalue weighted by Crippen LogP contribution is 2.47. The highest BCUT2D eigenvalue weighted by Gasteiger charge is 2.64. The lowest BCUT2D eigenvalue weighted by atomic mass is 9.79. The number of aryl methyl sites for hydroxylation is 1. The highest BCUT2D eigenvalue weighted by molar-refractivity contribution is 7.99. The fraction of sp³-hybridized carbons (Fsp3) is 0.588. The Morgan fingerprint density at radius 1 is 1.35 bits per heavy atom. The van der Waals surface area contributed by atoms with Crippen LogP contribution in [0.15, 0.2) is 16.4 Å². The van der Waals surface area contributed by atoms with E-state index in [9.17, 15) is 24.3 Å². The summed E-state index contributed by atoms with van der Waals surface area (Å²) in [7, 11) is 1.69. The van der Waals surface area contributed by atoms with Gasteiger partial charge in [-0.25, -0.2) is 14.3 Å². The van der Waals surface area contributed by atoms with Crippen LogP contribution in [0.3, 0.4) is 0 Å². The number of urea groups is 1. The van der Waals surface area contributed by atoms with Crippen molar-refractivity contribution >= 4 is 35.6 Å². The van der Waals surface area contributed by atoms with Crippen LogP contribution in [-0.4, -0.2) is 95.9 Å². The van der Waals surface area contributed by atoms with E-state index in [0.29, 0.717) is 42.4 Å². The molecule has 31 heavy (non-hydrogen) atoms. The third kappa shape index (κ3) is 3.04. The molecule has 0 aliphatic carbocycles. The summed E-state index contributed by atoms with van der Waals surface area (Å²) < 4.78 is 1.49. The molecule has 4 aliphatic rings. The van der Waals surface area contributed by atoms with Gasteiger partial charge in [0.25, 0.3) is 5.91 Å². The molecule has 3 fully saturated rings. The van der Waals surface area contributed by atoms with Crippen molar-refractivity contribution in [3.8, 4) is 0 Å². The van der Waals surface area contributed by atoms with Crippen LogP contribution in [0, 0.1) is 5.92 Å². The molecule has 4 aliphatic heterocycles. The van der Waals surface area contributed by atoms with E-state index < -0.39 is 30.0 Å². The first-order chi connectivity index (χ1) is 14.9. The molecule has 164 valence electrons. The number of nitrogens with zero attached hydrogens (tertiary/aromatic N) is 6. The van der Waals surface area contributed by atoms with E-state index in [2.05, 4.69) is 26.2 Å². The molecule has 5 heterocycles. The number of β-lactam (4-membered cyclic amide) rings is 1. The summed E-state index contributed by atoms with van der Waals surface area (Å²) in [5, 5.41) is 26.9. The van der Waals surface area contributed by atoms with Gasteiger partial charge < -0.3 is 20.6 Å². The molecule has 3 N–H and O–H groups in total. The minimum atomic E-state index is -1.16. The standard InChI is InChI=1S/C17H20N8O5S/c1-23-17(20-21-22-23)31-6-8-4-7-5-24(16(30)19-9-2-3-18-13(9)26)12-10(7)25(14(12)27)11(8)15(28)29/h7,9-10,12H,2-6H2,1H3,(H,18,26)(H,19,30)(H,28,29)/t7-,9+,10-,12+/m1/s1. The van der Waals surface area contributed by atoms with E-state index in [0.717, 1.165) is 0 Å². The van der Waals surface area contributed by atoms with Gasteiger partial charge in [-0.15, -0.1) is 5.10 Å². The molecule has 3 saturated heterocycles. The van der Waals surface area contributed by atoms with Gasteiger partial charge in [0, 0.05) is 31.8 Å². The zero-order chi connectivity index (χ0) is 21.9. The Kier molecular flexibility index (Phi) is 4.60. The van der Waals surface area contributed by atoms with E-state index in [1.165, 1.54) is 26.2 Å². The van der Waals surface area contributed by atoms with Gasteiger partial charge in [-0.1, -0.05) is 11.8 Å². The summed E-state index contributed by atoms with van der Waals surface area (Å²) in [6.07, 6.45) is 0.956. The number of hydrogen-bond acceptors (Lipinski definition) is 8. The minimum absolute atomic E-state index is 0.0115. The Hall–Kier alpha value is -3.16. The number of hydrogen-bond donors (Lipinski definition) is 3. The minimum Gasteiger partial charge on any atom is -0.477 e. The van der Waals surface area contributed by atoms with Gasteiger partial charge in [-0.3, -0.25) is 14.5 Å². The van der Waals surface area contributed by atoms with Crippen LogP contribution in [-0.2, 0) is 21.4 Å². The van der Waals surface area contributed by atoms with Gasteiger partial charge in [-0.2, -0.15) is 0 Å².